The molecule has 2 aromatic rings. The summed E-state index contributed by atoms with van der Waals surface area (Å²) in [4.78, 5) is 10.5. The third kappa shape index (κ3) is 3.86. The molecule has 0 fully saturated rings. The molecular weight excluding hydrogens is 294 g/mol. The lowest BCUT2D eigenvalue weighted by molar-refractivity contribution is -0.386. The van der Waals surface area contributed by atoms with E-state index in [2.05, 4.69) is 0 Å². The Morgan fingerprint density at radius 1 is 1.19 bits per heavy atom. The molecule has 0 saturated carbocycles. The molecule has 5 nitrogen and oxygen atoms in total. The first-order valence-corrected chi connectivity index (χ1v) is 6.76. The van der Waals surface area contributed by atoms with Gasteiger partial charge in [0.15, 0.2) is 5.75 Å². The van der Waals surface area contributed by atoms with Gasteiger partial charge in [-0.05, 0) is 29.3 Å². The van der Waals surface area contributed by atoms with E-state index in [1.54, 1.807) is 19.2 Å². The molecule has 0 aliphatic rings. The molecular formula is C15H14ClNO4. The van der Waals surface area contributed by atoms with Crippen molar-refractivity contribution in [3.8, 4) is 11.5 Å². The standard InChI is InChI=1S/C15H14ClNO4/c1-20-13-4-2-3-12(7-13)10-21-15-8-11(9-16)5-6-14(15)17(18)19/h2-8H,9-10H2,1H3. The molecule has 0 aromatic heterocycles. The van der Waals surface area contributed by atoms with Crippen molar-refractivity contribution < 1.29 is 14.4 Å². The maximum atomic E-state index is 11.0. The molecule has 2 rings (SSSR count). The van der Waals surface area contributed by atoms with E-state index in [9.17, 15) is 10.1 Å². The van der Waals surface area contributed by atoms with Crippen LogP contribution in [0.25, 0.3) is 0 Å². The van der Waals surface area contributed by atoms with E-state index in [1.807, 2.05) is 24.3 Å². The Hall–Kier alpha value is -2.27. The average molecular weight is 308 g/mol. The minimum Gasteiger partial charge on any atom is -0.497 e. The van der Waals surface area contributed by atoms with E-state index in [0.717, 1.165) is 11.1 Å². The fourth-order valence-electron chi connectivity index (χ4n) is 1.83. The van der Waals surface area contributed by atoms with E-state index >= 15 is 0 Å². The van der Waals surface area contributed by atoms with Crippen LogP contribution in [0.2, 0.25) is 0 Å². The van der Waals surface area contributed by atoms with Crippen molar-refractivity contribution in [1.82, 2.24) is 0 Å². The van der Waals surface area contributed by atoms with Crippen LogP contribution in [0.1, 0.15) is 11.1 Å². The second-order valence-corrected chi connectivity index (χ2v) is 4.60. The number of nitro groups is 1. The molecule has 0 saturated heterocycles. The number of nitro benzene ring substituents is 1. The molecule has 2 aromatic carbocycles. The fraction of sp³-hybridized carbons (Fsp3) is 0.200. The molecule has 0 aliphatic carbocycles. The number of benzene rings is 2. The van der Waals surface area contributed by atoms with Gasteiger partial charge in [-0.1, -0.05) is 18.2 Å². The summed E-state index contributed by atoms with van der Waals surface area (Å²) in [5.41, 5.74) is 1.55. The van der Waals surface area contributed by atoms with Crippen molar-refractivity contribution in [2.45, 2.75) is 12.5 Å². The van der Waals surface area contributed by atoms with Crippen LogP contribution in [0.3, 0.4) is 0 Å². The fourth-order valence-corrected chi connectivity index (χ4v) is 2.00. The van der Waals surface area contributed by atoms with Crippen LogP contribution < -0.4 is 9.47 Å². The summed E-state index contributed by atoms with van der Waals surface area (Å²) >= 11 is 5.75. The zero-order valence-corrected chi connectivity index (χ0v) is 12.2. The average Bonchev–Trinajstić information content (AvgIpc) is 2.52. The molecule has 6 heteroatoms. The van der Waals surface area contributed by atoms with Crippen LogP contribution in [-0.2, 0) is 12.5 Å². The monoisotopic (exact) mass is 307 g/mol. The van der Waals surface area contributed by atoms with Gasteiger partial charge in [-0.2, -0.15) is 0 Å². The van der Waals surface area contributed by atoms with E-state index in [-0.39, 0.29) is 23.9 Å². The van der Waals surface area contributed by atoms with E-state index in [1.165, 1.54) is 6.07 Å². The van der Waals surface area contributed by atoms with Gasteiger partial charge in [-0.25, -0.2) is 0 Å². The van der Waals surface area contributed by atoms with Crippen LogP contribution in [0.15, 0.2) is 42.5 Å². The van der Waals surface area contributed by atoms with Gasteiger partial charge >= 0.3 is 5.69 Å². The lowest BCUT2D eigenvalue weighted by Crippen LogP contribution is -2.00. The molecule has 0 amide bonds. The molecule has 0 heterocycles. The number of nitrogens with zero attached hydrogens (tertiary/aromatic N) is 1. The zero-order valence-electron chi connectivity index (χ0n) is 11.4. The third-order valence-corrected chi connectivity index (χ3v) is 3.21. The van der Waals surface area contributed by atoms with Crippen molar-refractivity contribution in [2.24, 2.45) is 0 Å². The summed E-state index contributed by atoms with van der Waals surface area (Å²) in [6.07, 6.45) is 0. The number of rotatable bonds is 6. The maximum Gasteiger partial charge on any atom is 0.310 e. The summed E-state index contributed by atoms with van der Waals surface area (Å²) < 4.78 is 10.7. The van der Waals surface area contributed by atoms with Crippen molar-refractivity contribution in [3.63, 3.8) is 0 Å². The summed E-state index contributed by atoms with van der Waals surface area (Å²) in [7, 11) is 1.58. The molecule has 0 unspecified atom stereocenters. The normalized spacial score (nSPS) is 10.2. The van der Waals surface area contributed by atoms with Gasteiger partial charge in [0, 0.05) is 11.9 Å². The molecule has 0 aliphatic heterocycles. The number of methoxy groups -OCH3 is 1. The lowest BCUT2D eigenvalue weighted by atomic mass is 10.2. The summed E-state index contributed by atoms with van der Waals surface area (Å²) in [5, 5.41) is 11.0. The van der Waals surface area contributed by atoms with Gasteiger partial charge < -0.3 is 9.47 Å². The smallest absolute Gasteiger partial charge is 0.310 e. The predicted molar refractivity (Wildman–Crippen MR) is 80.0 cm³/mol. The van der Waals surface area contributed by atoms with E-state index in [4.69, 9.17) is 21.1 Å². The first kappa shape index (κ1) is 15.1. The molecule has 21 heavy (non-hydrogen) atoms. The summed E-state index contributed by atoms with van der Waals surface area (Å²) in [6.45, 7) is 0.212. The Kier molecular flexibility index (Phi) is 5.00. The minimum absolute atomic E-state index is 0.0771. The summed E-state index contributed by atoms with van der Waals surface area (Å²) in [5.74, 6) is 1.19. The van der Waals surface area contributed by atoms with Gasteiger partial charge in [0.25, 0.3) is 0 Å². The first-order valence-electron chi connectivity index (χ1n) is 6.23. The molecule has 0 N–H and O–H groups in total. The quantitative estimate of drug-likeness (QED) is 0.461. The van der Waals surface area contributed by atoms with Crippen molar-refractivity contribution >= 4 is 17.3 Å². The van der Waals surface area contributed by atoms with Gasteiger partial charge in [0.2, 0.25) is 0 Å². The third-order valence-electron chi connectivity index (χ3n) is 2.90. The predicted octanol–water partition coefficient (Wildman–Crippen LogP) is 3.92. The van der Waals surface area contributed by atoms with Gasteiger partial charge in [0.05, 0.1) is 12.0 Å². The Morgan fingerprint density at radius 3 is 2.67 bits per heavy atom. The Balaban J connectivity index is 2.19. The number of halogens is 1. The summed E-state index contributed by atoms with van der Waals surface area (Å²) in [6, 6.07) is 11.9. The minimum atomic E-state index is -0.473. The number of hydrogen-bond acceptors (Lipinski definition) is 4. The van der Waals surface area contributed by atoms with E-state index < -0.39 is 4.92 Å². The highest BCUT2D eigenvalue weighted by Gasteiger charge is 2.15. The Morgan fingerprint density at radius 2 is 2.00 bits per heavy atom. The highest BCUT2D eigenvalue weighted by Crippen LogP contribution is 2.29. The zero-order chi connectivity index (χ0) is 15.2. The van der Waals surface area contributed by atoms with Crippen molar-refractivity contribution in [2.75, 3.05) is 7.11 Å². The molecule has 0 radical (unpaired) electrons. The number of ether oxygens (including phenoxy) is 2. The first-order chi connectivity index (χ1) is 10.1. The van der Waals surface area contributed by atoms with Crippen molar-refractivity contribution in [3.05, 3.63) is 63.7 Å². The molecule has 0 atom stereocenters. The lowest BCUT2D eigenvalue weighted by Gasteiger charge is -2.09. The number of alkyl halides is 1. The molecule has 0 bridgehead atoms. The van der Waals surface area contributed by atoms with Crippen LogP contribution >= 0.6 is 11.6 Å². The van der Waals surface area contributed by atoms with Crippen molar-refractivity contribution in [1.29, 1.82) is 0 Å². The Labute approximate surface area is 127 Å². The van der Waals surface area contributed by atoms with Crippen LogP contribution in [0, 0.1) is 10.1 Å². The Bertz CT molecular complexity index is 645. The van der Waals surface area contributed by atoms with Crippen LogP contribution in [-0.4, -0.2) is 12.0 Å². The SMILES string of the molecule is COc1cccc(COc2cc(CCl)ccc2[N+](=O)[O-])c1. The second kappa shape index (κ2) is 6.95. The molecule has 110 valence electrons. The van der Waals surface area contributed by atoms with Gasteiger partial charge in [0.1, 0.15) is 12.4 Å². The second-order valence-electron chi connectivity index (χ2n) is 4.33. The molecule has 0 spiro atoms. The topological polar surface area (TPSA) is 61.6 Å². The van der Waals surface area contributed by atoms with Gasteiger partial charge in [-0.15, -0.1) is 11.6 Å². The van der Waals surface area contributed by atoms with Crippen LogP contribution in [0.5, 0.6) is 11.5 Å². The maximum absolute atomic E-state index is 11.0. The van der Waals surface area contributed by atoms with Crippen LogP contribution in [0.4, 0.5) is 5.69 Å². The number of hydrogen-bond donors (Lipinski definition) is 0. The van der Waals surface area contributed by atoms with E-state index in [0.29, 0.717) is 5.75 Å². The largest absolute Gasteiger partial charge is 0.497 e. The van der Waals surface area contributed by atoms with Gasteiger partial charge in [-0.3, -0.25) is 10.1 Å². The highest BCUT2D eigenvalue weighted by atomic mass is 35.5. The highest BCUT2D eigenvalue weighted by molar-refractivity contribution is 6.17.